The highest BCUT2D eigenvalue weighted by molar-refractivity contribution is 5.91. The van der Waals surface area contributed by atoms with Gasteiger partial charge in [0.05, 0.1) is 0 Å². The zero-order valence-electron chi connectivity index (χ0n) is 13.5. The highest BCUT2D eigenvalue weighted by Gasteiger charge is 2.31. The molecule has 1 N–H and O–H groups in total. The number of nitrogens with one attached hydrogen (secondary N) is 1. The maximum atomic E-state index is 12.3. The Bertz CT molecular complexity index is 535. The van der Waals surface area contributed by atoms with Crippen LogP contribution in [0, 0.1) is 5.41 Å². The third kappa shape index (κ3) is 3.14. The minimum Gasteiger partial charge on any atom is -0.309 e. The number of nitrogens with zero attached hydrogens (tertiary/aromatic N) is 2. The van der Waals surface area contributed by atoms with Crippen LogP contribution in [-0.2, 0) is 17.8 Å². The van der Waals surface area contributed by atoms with Crippen LogP contribution in [0.1, 0.15) is 76.5 Å². The molecule has 4 heteroatoms. The lowest BCUT2D eigenvalue weighted by atomic mass is 9.79. The topological polar surface area (TPSA) is 46.9 Å². The summed E-state index contributed by atoms with van der Waals surface area (Å²) in [6.45, 7) is 7.29. The predicted octanol–water partition coefficient (Wildman–Crippen LogP) is 3.86. The van der Waals surface area contributed by atoms with Gasteiger partial charge in [-0.05, 0) is 43.4 Å². The molecule has 0 spiro atoms. The van der Waals surface area contributed by atoms with Gasteiger partial charge in [0.25, 0.3) is 0 Å². The van der Waals surface area contributed by atoms with E-state index < -0.39 is 0 Å². The molecule has 1 aliphatic carbocycles. The minimum absolute atomic E-state index is 0.0140. The molecule has 1 amide bonds. The van der Waals surface area contributed by atoms with Crippen molar-refractivity contribution in [1.29, 1.82) is 0 Å². The van der Waals surface area contributed by atoms with Crippen LogP contribution in [0.4, 0.5) is 5.82 Å². The van der Waals surface area contributed by atoms with Crippen molar-refractivity contribution >= 4 is 11.7 Å². The molecular weight excluding hydrogens is 262 g/mol. The van der Waals surface area contributed by atoms with Gasteiger partial charge in [0.1, 0.15) is 0 Å². The first-order valence-electron chi connectivity index (χ1n) is 8.33. The molecular formula is C17H27N3O. The Hall–Kier alpha value is -1.32. The zero-order valence-corrected chi connectivity index (χ0v) is 13.5. The molecule has 0 unspecified atom stereocenters. The lowest BCUT2D eigenvalue weighted by Crippen LogP contribution is -2.21. The maximum absolute atomic E-state index is 12.3. The Kier molecular flexibility index (Phi) is 3.80. The highest BCUT2D eigenvalue weighted by Crippen LogP contribution is 2.43. The van der Waals surface area contributed by atoms with Gasteiger partial charge in [-0.2, -0.15) is 5.10 Å². The van der Waals surface area contributed by atoms with Crippen molar-refractivity contribution in [3.8, 4) is 0 Å². The SMILES string of the molecule is CC(C)(C)CC(=O)Nc1nn2c(c1C1CCC1)CCCC2. The summed E-state index contributed by atoms with van der Waals surface area (Å²) in [5.74, 6) is 1.57. The minimum atomic E-state index is 0.0140. The number of fused-ring (bicyclic) bond motifs is 1. The molecule has 4 nitrogen and oxygen atoms in total. The second kappa shape index (κ2) is 5.47. The van der Waals surface area contributed by atoms with Crippen LogP contribution in [0.2, 0.25) is 0 Å². The van der Waals surface area contributed by atoms with Crippen LogP contribution in [0.3, 0.4) is 0 Å². The van der Waals surface area contributed by atoms with E-state index in [1.165, 1.54) is 43.4 Å². The fourth-order valence-corrected chi connectivity index (χ4v) is 3.39. The monoisotopic (exact) mass is 289 g/mol. The molecule has 1 aromatic heterocycles. The van der Waals surface area contributed by atoms with Crippen molar-refractivity contribution < 1.29 is 4.79 Å². The summed E-state index contributed by atoms with van der Waals surface area (Å²) in [6.07, 6.45) is 7.93. The molecule has 21 heavy (non-hydrogen) atoms. The first-order valence-corrected chi connectivity index (χ1v) is 8.33. The molecule has 2 aliphatic rings. The van der Waals surface area contributed by atoms with Crippen molar-refractivity contribution in [2.75, 3.05) is 5.32 Å². The third-order valence-corrected chi connectivity index (χ3v) is 4.59. The molecule has 0 bridgehead atoms. The van der Waals surface area contributed by atoms with E-state index in [-0.39, 0.29) is 11.3 Å². The molecule has 0 radical (unpaired) electrons. The average molecular weight is 289 g/mol. The Morgan fingerprint density at radius 1 is 1.29 bits per heavy atom. The van der Waals surface area contributed by atoms with E-state index in [0.717, 1.165) is 18.8 Å². The summed E-state index contributed by atoms with van der Waals surface area (Å²) in [7, 11) is 0. The number of hydrogen-bond acceptors (Lipinski definition) is 2. The van der Waals surface area contributed by atoms with E-state index in [1.807, 2.05) is 0 Å². The smallest absolute Gasteiger partial charge is 0.226 e. The summed E-state index contributed by atoms with van der Waals surface area (Å²) >= 11 is 0. The van der Waals surface area contributed by atoms with Gasteiger partial charge in [0.2, 0.25) is 5.91 Å². The maximum Gasteiger partial charge on any atom is 0.226 e. The summed E-state index contributed by atoms with van der Waals surface area (Å²) < 4.78 is 2.14. The molecule has 0 saturated heterocycles. The van der Waals surface area contributed by atoms with E-state index in [0.29, 0.717) is 12.3 Å². The van der Waals surface area contributed by atoms with Crippen LogP contribution >= 0.6 is 0 Å². The van der Waals surface area contributed by atoms with Crippen LogP contribution < -0.4 is 5.32 Å². The van der Waals surface area contributed by atoms with Crippen LogP contribution in [0.5, 0.6) is 0 Å². The molecule has 0 aromatic carbocycles. The number of anilines is 1. The second-order valence-electron chi connectivity index (χ2n) is 7.80. The fraction of sp³-hybridized carbons (Fsp3) is 0.765. The number of carbonyl (C=O) groups is 1. The molecule has 1 fully saturated rings. The summed E-state index contributed by atoms with van der Waals surface area (Å²) in [5.41, 5.74) is 2.75. The molecule has 0 atom stereocenters. The van der Waals surface area contributed by atoms with E-state index in [9.17, 15) is 4.79 Å². The van der Waals surface area contributed by atoms with Crippen molar-refractivity contribution in [2.45, 2.75) is 78.2 Å². The number of amides is 1. The Labute approximate surface area is 127 Å². The number of aromatic nitrogens is 2. The summed E-state index contributed by atoms with van der Waals surface area (Å²) in [4.78, 5) is 12.3. The highest BCUT2D eigenvalue weighted by atomic mass is 16.1. The van der Waals surface area contributed by atoms with Gasteiger partial charge in [0.15, 0.2) is 5.82 Å². The molecule has 1 saturated carbocycles. The van der Waals surface area contributed by atoms with Crippen molar-refractivity contribution in [1.82, 2.24) is 9.78 Å². The number of hydrogen-bond donors (Lipinski definition) is 1. The van der Waals surface area contributed by atoms with E-state index >= 15 is 0 Å². The van der Waals surface area contributed by atoms with E-state index in [4.69, 9.17) is 5.10 Å². The lowest BCUT2D eigenvalue weighted by Gasteiger charge is -2.27. The van der Waals surface area contributed by atoms with Gasteiger partial charge in [-0.1, -0.05) is 27.2 Å². The van der Waals surface area contributed by atoms with E-state index in [1.54, 1.807) is 0 Å². The Balaban J connectivity index is 1.83. The number of aryl methyl sites for hydroxylation is 1. The summed E-state index contributed by atoms with van der Waals surface area (Å²) in [6, 6.07) is 0. The van der Waals surface area contributed by atoms with Crippen molar-refractivity contribution in [3.63, 3.8) is 0 Å². The average Bonchev–Trinajstić information content (AvgIpc) is 2.63. The first kappa shape index (κ1) is 14.6. The van der Waals surface area contributed by atoms with Crippen molar-refractivity contribution in [3.05, 3.63) is 11.3 Å². The van der Waals surface area contributed by atoms with Crippen molar-refractivity contribution in [2.24, 2.45) is 5.41 Å². The van der Waals surface area contributed by atoms with Gasteiger partial charge >= 0.3 is 0 Å². The summed E-state index contributed by atoms with van der Waals surface area (Å²) in [5, 5.41) is 7.81. The quantitative estimate of drug-likeness (QED) is 0.918. The predicted molar refractivity (Wildman–Crippen MR) is 84.5 cm³/mol. The molecule has 2 heterocycles. The lowest BCUT2D eigenvalue weighted by molar-refractivity contribution is -0.117. The van der Waals surface area contributed by atoms with E-state index in [2.05, 4.69) is 30.8 Å². The number of carbonyl (C=O) groups excluding carboxylic acids is 1. The van der Waals surface area contributed by atoms with Gasteiger partial charge in [-0.3, -0.25) is 9.48 Å². The van der Waals surface area contributed by atoms with Crippen LogP contribution in [-0.4, -0.2) is 15.7 Å². The third-order valence-electron chi connectivity index (χ3n) is 4.59. The Morgan fingerprint density at radius 3 is 2.67 bits per heavy atom. The Morgan fingerprint density at radius 2 is 2.05 bits per heavy atom. The normalized spacial score (nSPS) is 19.0. The first-order chi connectivity index (χ1) is 9.94. The van der Waals surface area contributed by atoms with Gasteiger partial charge in [-0.15, -0.1) is 0 Å². The van der Waals surface area contributed by atoms with Crippen LogP contribution in [0.25, 0.3) is 0 Å². The van der Waals surface area contributed by atoms with Crippen LogP contribution in [0.15, 0.2) is 0 Å². The standard InChI is InChI=1S/C17H27N3O/c1-17(2,3)11-14(21)18-16-15(12-7-6-8-12)13-9-4-5-10-20(13)19-16/h12H,4-11H2,1-3H3,(H,18,19,21). The molecule has 1 aliphatic heterocycles. The second-order valence-corrected chi connectivity index (χ2v) is 7.80. The van der Waals surface area contributed by atoms with Gasteiger partial charge in [-0.25, -0.2) is 0 Å². The number of rotatable bonds is 3. The molecule has 3 rings (SSSR count). The zero-order chi connectivity index (χ0) is 15.0. The van der Waals surface area contributed by atoms with Gasteiger partial charge in [0, 0.05) is 24.2 Å². The fourth-order valence-electron chi connectivity index (χ4n) is 3.39. The largest absolute Gasteiger partial charge is 0.309 e. The van der Waals surface area contributed by atoms with Gasteiger partial charge < -0.3 is 5.32 Å². The molecule has 1 aromatic rings. The molecule has 116 valence electrons.